The quantitative estimate of drug-likeness (QED) is 0.800. The number of phenolic OH excluding ortho intramolecular Hbond substituents is 2. The molecule has 0 unspecified atom stereocenters. The zero-order valence-corrected chi connectivity index (χ0v) is 11.7. The number of aromatic hydroxyl groups is 2. The lowest BCUT2D eigenvalue weighted by atomic mass is 10.1. The fourth-order valence-corrected chi connectivity index (χ4v) is 1.93. The maximum Gasteiger partial charge on any atom is 0.306 e. The predicted octanol–water partition coefficient (Wildman–Crippen LogP) is 3.16. The van der Waals surface area contributed by atoms with Crippen LogP contribution in [0, 0.1) is 0 Å². The fourth-order valence-electron chi connectivity index (χ4n) is 1.93. The molecule has 2 aromatic rings. The molecule has 110 valence electrons. The molecular formula is C17H18O4. The molecule has 0 heterocycles. The first-order chi connectivity index (χ1) is 10.1. The molecule has 2 aromatic carbocycles. The third-order valence-corrected chi connectivity index (χ3v) is 3.12. The maximum atomic E-state index is 11.6. The van der Waals surface area contributed by atoms with E-state index >= 15 is 0 Å². The normalized spacial score (nSPS) is 10.3. The molecule has 0 radical (unpaired) electrons. The minimum absolute atomic E-state index is 0.193. The number of ether oxygens (including phenoxy) is 1. The van der Waals surface area contributed by atoms with Gasteiger partial charge in [0.15, 0.2) is 0 Å². The Kier molecular flexibility index (Phi) is 5.21. The third kappa shape index (κ3) is 5.18. The van der Waals surface area contributed by atoms with E-state index in [1.165, 1.54) is 0 Å². The fraction of sp³-hybridized carbons (Fsp3) is 0.235. The van der Waals surface area contributed by atoms with E-state index in [1.807, 2.05) is 12.1 Å². The van der Waals surface area contributed by atoms with Crippen molar-refractivity contribution < 1.29 is 19.7 Å². The lowest BCUT2D eigenvalue weighted by Crippen LogP contribution is -2.04. The molecule has 2 N–H and O–H groups in total. The number of hydrogen-bond donors (Lipinski definition) is 2. The van der Waals surface area contributed by atoms with Gasteiger partial charge in [-0.1, -0.05) is 24.3 Å². The van der Waals surface area contributed by atoms with E-state index in [0.717, 1.165) is 17.5 Å². The van der Waals surface area contributed by atoms with Gasteiger partial charge >= 0.3 is 5.97 Å². The van der Waals surface area contributed by atoms with Crippen molar-refractivity contribution in [1.82, 2.24) is 0 Å². The van der Waals surface area contributed by atoms with Gasteiger partial charge in [-0.15, -0.1) is 0 Å². The molecule has 0 aliphatic rings. The lowest BCUT2D eigenvalue weighted by molar-refractivity contribution is -0.145. The first-order valence-corrected chi connectivity index (χ1v) is 6.85. The van der Waals surface area contributed by atoms with Crippen LogP contribution in [0.1, 0.15) is 24.0 Å². The van der Waals surface area contributed by atoms with Crippen LogP contribution in [0.25, 0.3) is 0 Å². The number of hydrogen-bond acceptors (Lipinski definition) is 4. The number of carbonyl (C=O) groups excluding carboxylic acids is 1. The number of carbonyl (C=O) groups is 1. The molecule has 0 aromatic heterocycles. The number of esters is 1. The van der Waals surface area contributed by atoms with Crippen molar-refractivity contribution in [3.8, 4) is 11.5 Å². The minimum Gasteiger partial charge on any atom is -0.508 e. The molecule has 21 heavy (non-hydrogen) atoms. The summed E-state index contributed by atoms with van der Waals surface area (Å²) in [4.78, 5) is 11.6. The van der Waals surface area contributed by atoms with Gasteiger partial charge in [-0.2, -0.15) is 0 Å². The molecule has 0 aliphatic carbocycles. The first kappa shape index (κ1) is 14.9. The molecular weight excluding hydrogens is 268 g/mol. The maximum absolute atomic E-state index is 11.6. The van der Waals surface area contributed by atoms with Crippen LogP contribution >= 0.6 is 0 Å². The second-order valence-electron chi connectivity index (χ2n) is 4.85. The van der Waals surface area contributed by atoms with Crippen LogP contribution in [0.2, 0.25) is 0 Å². The number of phenols is 2. The standard InChI is InChI=1S/C17H18O4/c18-15-8-4-13(5-9-15)2-1-3-17(20)21-12-14-6-10-16(19)11-7-14/h4-11,18-19H,1-3,12H2. The van der Waals surface area contributed by atoms with E-state index in [1.54, 1.807) is 36.4 Å². The second-order valence-corrected chi connectivity index (χ2v) is 4.85. The Bertz CT molecular complexity index is 573. The van der Waals surface area contributed by atoms with E-state index in [2.05, 4.69) is 0 Å². The van der Waals surface area contributed by atoms with Crippen LogP contribution in [0.5, 0.6) is 11.5 Å². The molecule has 0 atom stereocenters. The number of aryl methyl sites for hydroxylation is 1. The van der Waals surface area contributed by atoms with Gasteiger partial charge in [-0.25, -0.2) is 0 Å². The van der Waals surface area contributed by atoms with Gasteiger partial charge in [0, 0.05) is 6.42 Å². The average molecular weight is 286 g/mol. The van der Waals surface area contributed by atoms with Gasteiger partial charge in [0.25, 0.3) is 0 Å². The van der Waals surface area contributed by atoms with Crippen LogP contribution < -0.4 is 0 Å². The summed E-state index contributed by atoms with van der Waals surface area (Å²) in [6.45, 7) is 0.221. The molecule has 0 amide bonds. The monoisotopic (exact) mass is 286 g/mol. The van der Waals surface area contributed by atoms with Crippen LogP contribution in [0.15, 0.2) is 48.5 Å². The summed E-state index contributed by atoms with van der Waals surface area (Å²) in [5.74, 6) is 0.202. The van der Waals surface area contributed by atoms with E-state index in [-0.39, 0.29) is 24.1 Å². The highest BCUT2D eigenvalue weighted by Crippen LogP contribution is 2.13. The second kappa shape index (κ2) is 7.33. The Balaban J connectivity index is 1.67. The van der Waals surface area contributed by atoms with Crippen molar-refractivity contribution in [2.45, 2.75) is 25.9 Å². The van der Waals surface area contributed by atoms with Gasteiger partial charge in [0.05, 0.1) is 0 Å². The summed E-state index contributed by atoms with van der Waals surface area (Å²) in [5.41, 5.74) is 1.93. The van der Waals surface area contributed by atoms with E-state index in [4.69, 9.17) is 9.84 Å². The van der Waals surface area contributed by atoms with Gasteiger partial charge in [-0.3, -0.25) is 4.79 Å². The van der Waals surface area contributed by atoms with E-state index in [9.17, 15) is 9.90 Å². The van der Waals surface area contributed by atoms with Crippen LogP contribution in [-0.2, 0) is 22.6 Å². The van der Waals surface area contributed by atoms with Gasteiger partial charge < -0.3 is 14.9 Å². The van der Waals surface area contributed by atoms with Crippen LogP contribution in [-0.4, -0.2) is 16.2 Å². The highest BCUT2D eigenvalue weighted by atomic mass is 16.5. The zero-order valence-electron chi connectivity index (χ0n) is 11.7. The highest BCUT2D eigenvalue weighted by molar-refractivity contribution is 5.69. The summed E-state index contributed by atoms with van der Waals surface area (Å²) in [5, 5.41) is 18.3. The molecule has 0 spiro atoms. The van der Waals surface area contributed by atoms with Crippen molar-refractivity contribution >= 4 is 5.97 Å². The van der Waals surface area contributed by atoms with Crippen LogP contribution in [0.3, 0.4) is 0 Å². The molecule has 4 heteroatoms. The topological polar surface area (TPSA) is 66.8 Å². The first-order valence-electron chi connectivity index (χ1n) is 6.85. The minimum atomic E-state index is -0.234. The molecule has 4 nitrogen and oxygen atoms in total. The smallest absolute Gasteiger partial charge is 0.306 e. The van der Waals surface area contributed by atoms with Crippen molar-refractivity contribution in [3.63, 3.8) is 0 Å². The molecule has 2 rings (SSSR count). The summed E-state index contributed by atoms with van der Waals surface area (Å²) in [7, 11) is 0. The average Bonchev–Trinajstić information content (AvgIpc) is 2.49. The van der Waals surface area contributed by atoms with Crippen LogP contribution in [0.4, 0.5) is 0 Å². The third-order valence-electron chi connectivity index (χ3n) is 3.12. The molecule has 0 saturated carbocycles. The molecule has 0 saturated heterocycles. The largest absolute Gasteiger partial charge is 0.508 e. The predicted molar refractivity (Wildman–Crippen MR) is 78.9 cm³/mol. The van der Waals surface area contributed by atoms with Crippen molar-refractivity contribution in [2.75, 3.05) is 0 Å². The van der Waals surface area contributed by atoms with Gasteiger partial charge in [0.2, 0.25) is 0 Å². The Labute approximate surface area is 123 Å². The number of benzene rings is 2. The SMILES string of the molecule is O=C(CCCc1ccc(O)cc1)OCc1ccc(O)cc1. The summed E-state index contributed by atoms with van der Waals surface area (Å²) < 4.78 is 5.16. The molecule has 0 aliphatic heterocycles. The highest BCUT2D eigenvalue weighted by Gasteiger charge is 2.04. The van der Waals surface area contributed by atoms with Gasteiger partial charge in [-0.05, 0) is 48.2 Å². The van der Waals surface area contributed by atoms with E-state index < -0.39 is 0 Å². The Hall–Kier alpha value is -2.49. The van der Waals surface area contributed by atoms with Crippen molar-refractivity contribution in [1.29, 1.82) is 0 Å². The number of rotatable bonds is 6. The Morgan fingerprint density at radius 2 is 1.38 bits per heavy atom. The molecule has 0 fully saturated rings. The van der Waals surface area contributed by atoms with Gasteiger partial charge in [0.1, 0.15) is 18.1 Å². The summed E-state index contributed by atoms with van der Waals surface area (Å²) >= 11 is 0. The zero-order chi connectivity index (χ0) is 15.1. The summed E-state index contributed by atoms with van der Waals surface area (Å²) in [6, 6.07) is 13.5. The lowest BCUT2D eigenvalue weighted by Gasteiger charge is -2.05. The molecule has 0 bridgehead atoms. The summed E-state index contributed by atoms with van der Waals surface area (Å²) in [6.07, 6.45) is 1.84. The Morgan fingerprint density at radius 3 is 1.95 bits per heavy atom. The van der Waals surface area contributed by atoms with Crippen molar-refractivity contribution in [2.24, 2.45) is 0 Å². The van der Waals surface area contributed by atoms with E-state index in [0.29, 0.717) is 12.8 Å². The van der Waals surface area contributed by atoms with Crippen molar-refractivity contribution in [3.05, 3.63) is 59.7 Å². The Morgan fingerprint density at radius 1 is 0.857 bits per heavy atom.